The Hall–Kier alpha value is -6.58. The van der Waals surface area contributed by atoms with Crippen molar-refractivity contribution in [2.45, 2.75) is 19.3 Å². The third-order valence-corrected chi connectivity index (χ3v) is 11.3. The van der Waals surface area contributed by atoms with Gasteiger partial charge in [-0.1, -0.05) is 129 Å². The molecule has 3 heteroatoms. The molecule has 246 valence electrons. The Morgan fingerprint density at radius 3 is 2.02 bits per heavy atom. The lowest BCUT2D eigenvalue weighted by atomic mass is 9.82. The van der Waals surface area contributed by atoms with E-state index in [1.807, 2.05) is 6.07 Å². The van der Waals surface area contributed by atoms with E-state index in [1.165, 1.54) is 27.6 Å². The molecule has 0 saturated carbocycles. The molecule has 0 spiro atoms. The van der Waals surface area contributed by atoms with E-state index in [0.717, 1.165) is 77.5 Å². The van der Waals surface area contributed by atoms with Gasteiger partial charge in [-0.25, -0.2) is 0 Å². The van der Waals surface area contributed by atoms with Crippen molar-refractivity contribution in [3.05, 3.63) is 175 Å². The molecular formula is C49H33NO2. The van der Waals surface area contributed by atoms with Crippen LogP contribution in [0.3, 0.4) is 0 Å². The normalized spacial score (nSPS) is 13.3. The number of para-hydroxylation sites is 2. The van der Waals surface area contributed by atoms with Crippen molar-refractivity contribution in [2.24, 2.45) is 0 Å². The van der Waals surface area contributed by atoms with Crippen LogP contribution in [0.25, 0.3) is 76.9 Å². The number of benzene rings is 8. The highest BCUT2D eigenvalue weighted by atomic mass is 16.3. The van der Waals surface area contributed by atoms with Gasteiger partial charge in [0.25, 0.3) is 0 Å². The second-order valence-corrected chi connectivity index (χ2v) is 14.5. The minimum Gasteiger partial charge on any atom is -0.455 e. The summed E-state index contributed by atoms with van der Waals surface area (Å²) in [5.41, 5.74) is 14.2. The summed E-state index contributed by atoms with van der Waals surface area (Å²) in [5.74, 6) is 0. The first-order chi connectivity index (χ1) is 25.5. The fraction of sp³-hybridized carbons (Fsp3) is 0.0612. The largest absolute Gasteiger partial charge is 0.455 e. The minimum absolute atomic E-state index is 0.125. The van der Waals surface area contributed by atoms with Crippen LogP contribution in [0.4, 0.5) is 17.1 Å². The topological polar surface area (TPSA) is 29.5 Å². The molecule has 2 aromatic heterocycles. The number of hydrogen-bond acceptors (Lipinski definition) is 3. The third kappa shape index (κ3) is 4.08. The number of anilines is 3. The molecule has 0 radical (unpaired) electrons. The second kappa shape index (κ2) is 10.7. The molecule has 10 aromatic rings. The van der Waals surface area contributed by atoms with Gasteiger partial charge in [-0.2, -0.15) is 0 Å². The molecule has 0 atom stereocenters. The van der Waals surface area contributed by atoms with Crippen molar-refractivity contribution in [3.8, 4) is 22.3 Å². The van der Waals surface area contributed by atoms with E-state index in [9.17, 15) is 0 Å². The molecule has 8 aromatic carbocycles. The molecule has 0 unspecified atom stereocenters. The van der Waals surface area contributed by atoms with Gasteiger partial charge in [-0.05, 0) is 87.3 Å². The maximum atomic E-state index is 6.64. The van der Waals surface area contributed by atoms with Crippen molar-refractivity contribution in [3.63, 3.8) is 0 Å². The van der Waals surface area contributed by atoms with E-state index in [1.54, 1.807) is 0 Å². The van der Waals surface area contributed by atoms with Gasteiger partial charge in [-0.15, -0.1) is 0 Å². The van der Waals surface area contributed by atoms with Crippen LogP contribution in [0.2, 0.25) is 0 Å². The van der Waals surface area contributed by atoms with Gasteiger partial charge >= 0.3 is 0 Å². The number of furan rings is 2. The van der Waals surface area contributed by atoms with Crippen LogP contribution in [0.5, 0.6) is 0 Å². The second-order valence-electron chi connectivity index (χ2n) is 14.5. The van der Waals surface area contributed by atoms with Crippen LogP contribution in [0, 0.1) is 0 Å². The molecule has 0 amide bonds. The van der Waals surface area contributed by atoms with Gasteiger partial charge in [0, 0.05) is 43.7 Å². The van der Waals surface area contributed by atoms with Gasteiger partial charge < -0.3 is 13.7 Å². The molecule has 11 rings (SSSR count). The van der Waals surface area contributed by atoms with E-state index in [4.69, 9.17) is 8.83 Å². The first-order valence-corrected chi connectivity index (χ1v) is 17.9. The Kier molecular flexibility index (Phi) is 6.01. The molecule has 2 heterocycles. The zero-order valence-corrected chi connectivity index (χ0v) is 28.9. The fourth-order valence-electron chi connectivity index (χ4n) is 8.75. The molecule has 0 bridgehead atoms. The molecule has 0 saturated heterocycles. The maximum absolute atomic E-state index is 6.64. The SMILES string of the molecule is CC1(C)c2ccccc2-c2ccc(N(c3ccc(-c4cccc5oc6c7ccccc7ccc6c45)cc3)c3cccc4c3oc3ccccc34)cc21. The molecule has 3 nitrogen and oxygen atoms in total. The van der Waals surface area contributed by atoms with Crippen LogP contribution in [-0.2, 0) is 5.41 Å². The first kappa shape index (κ1) is 29.2. The van der Waals surface area contributed by atoms with Crippen molar-refractivity contribution in [1.29, 1.82) is 0 Å². The minimum atomic E-state index is -0.125. The zero-order chi connectivity index (χ0) is 34.6. The van der Waals surface area contributed by atoms with Crippen molar-refractivity contribution in [1.82, 2.24) is 0 Å². The highest BCUT2D eigenvalue weighted by Gasteiger charge is 2.36. The molecule has 52 heavy (non-hydrogen) atoms. The number of fused-ring (bicyclic) bond motifs is 11. The van der Waals surface area contributed by atoms with Gasteiger partial charge in [0.1, 0.15) is 16.7 Å². The lowest BCUT2D eigenvalue weighted by Crippen LogP contribution is -2.16. The maximum Gasteiger partial charge on any atom is 0.159 e. The quantitative estimate of drug-likeness (QED) is 0.187. The average Bonchev–Trinajstić information content (AvgIpc) is 3.84. The van der Waals surface area contributed by atoms with Crippen LogP contribution >= 0.6 is 0 Å². The average molecular weight is 668 g/mol. The van der Waals surface area contributed by atoms with Crippen LogP contribution in [-0.4, -0.2) is 0 Å². The highest BCUT2D eigenvalue weighted by Crippen LogP contribution is 2.51. The molecule has 0 fully saturated rings. The first-order valence-electron chi connectivity index (χ1n) is 17.9. The molecule has 0 aliphatic heterocycles. The Balaban J connectivity index is 1.10. The fourth-order valence-corrected chi connectivity index (χ4v) is 8.75. The Labute approximate surface area is 301 Å². The monoisotopic (exact) mass is 667 g/mol. The number of nitrogens with zero attached hydrogens (tertiary/aromatic N) is 1. The van der Waals surface area contributed by atoms with Gasteiger partial charge in [0.15, 0.2) is 5.58 Å². The summed E-state index contributed by atoms with van der Waals surface area (Å²) in [4.78, 5) is 2.35. The van der Waals surface area contributed by atoms with Crippen LogP contribution in [0.1, 0.15) is 25.0 Å². The Morgan fingerprint density at radius 1 is 0.442 bits per heavy atom. The smallest absolute Gasteiger partial charge is 0.159 e. The lowest BCUT2D eigenvalue weighted by Gasteiger charge is -2.28. The summed E-state index contributed by atoms with van der Waals surface area (Å²) >= 11 is 0. The summed E-state index contributed by atoms with van der Waals surface area (Å²) in [6, 6.07) is 58.7. The Morgan fingerprint density at radius 2 is 1.12 bits per heavy atom. The number of hydrogen-bond donors (Lipinski definition) is 0. The summed E-state index contributed by atoms with van der Waals surface area (Å²) < 4.78 is 13.2. The van der Waals surface area contributed by atoms with Crippen molar-refractivity contribution < 1.29 is 8.83 Å². The Bertz CT molecular complexity index is 3050. The predicted octanol–water partition coefficient (Wildman–Crippen LogP) is 14.1. The lowest BCUT2D eigenvalue weighted by molar-refractivity contribution is 0.660. The molecule has 1 aliphatic rings. The van der Waals surface area contributed by atoms with Crippen molar-refractivity contribution >= 4 is 71.7 Å². The van der Waals surface area contributed by atoms with Gasteiger partial charge in [-0.3, -0.25) is 0 Å². The van der Waals surface area contributed by atoms with E-state index >= 15 is 0 Å². The summed E-state index contributed by atoms with van der Waals surface area (Å²) in [6.07, 6.45) is 0. The van der Waals surface area contributed by atoms with Crippen molar-refractivity contribution in [2.75, 3.05) is 4.90 Å². The number of rotatable bonds is 4. The van der Waals surface area contributed by atoms with Crippen LogP contribution in [0.15, 0.2) is 173 Å². The van der Waals surface area contributed by atoms with E-state index < -0.39 is 0 Å². The van der Waals surface area contributed by atoms with Gasteiger partial charge in [0.05, 0.1) is 5.69 Å². The summed E-state index contributed by atoms with van der Waals surface area (Å²) in [5, 5.41) is 6.81. The predicted molar refractivity (Wildman–Crippen MR) is 216 cm³/mol. The zero-order valence-electron chi connectivity index (χ0n) is 28.9. The summed E-state index contributed by atoms with van der Waals surface area (Å²) in [7, 11) is 0. The van der Waals surface area contributed by atoms with E-state index in [0.29, 0.717) is 0 Å². The summed E-state index contributed by atoms with van der Waals surface area (Å²) in [6.45, 7) is 4.67. The van der Waals surface area contributed by atoms with Crippen LogP contribution < -0.4 is 4.90 Å². The van der Waals surface area contributed by atoms with E-state index in [-0.39, 0.29) is 5.41 Å². The standard InChI is InChI=1S/C49H33NO2/c1-49(2)41-17-7-5-13-36(41)37-28-26-33(29-42(37)49)50(43-18-9-16-39-38-14-6-8-19-44(38)51-48(39)43)32-24-21-31(22-25-32)34-15-10-20-45-46(34)40-27-23-30-11-3-4-12-35(30)47(40)52-45/h3-29H,1-2H3. The highest BCUT2D eigenvalue weighted by molar-refractivity contribution is 6.19. The van der Waals surface area contributed by atoms with Gasteiger partial charge in [0.2, 0.25) is 0 Å². The molecular weight excluding hydrogens is 635 g/mol. The third-order valence-electron chi connectivity index (χ3n) is 11.3. The van der Waals surface area contributed by atoms with E-state index in [2.05, 4.69) is 176 Å². The molecule has 0 N–H and O–H groups in total. The molecule has 1 aliphatic carbocycles.